The quantitative estimate of drug-likeness (QED) is 0.891. The van der Waals surface area contributed by atoms with E-state index >= 15 is 0 Å². The van der Waals surface area contributed by atoms with Crippen molar-refractivity contribution >= 4 is 17.3 Å². The Morgan fingerprint density at radius 1 is 1.38 bits per heavy atom. The molecule has 0 aliphatic carbocycles. The Labute approximate surface area is 142 Å². The number of rotatable bonds is 2. The first-order valence-corrected chi connectivity index (χ1v) is 8.43. The number of amides is 2. The van der Waals surface area contributed by atoms with Gasteiger partial charge in [0.2, 0.25) is 5.91 Å². The second-order valence-corrected chi connectivity index (χ2v) is 7.74. The maximum absolute atomic E-state index is 12.7. The van der Waals surface area contributed by atoms with E-state index in [0.29, 0.717) is 18.4 Å². The van der Waals surface area contributed by atoms with E-state index in [0.717, 1.165) is 11.1 Å². The van der Waals surface area contributed by atoms with Crippen LogP contribution in [0, 0.1) is 12.3 Å². The smallest absolute Gasteiger partial charge is 0.253 e. The van der Waals surface area contributed by atoms with E-state index in [1.54, 1.807) is 0 Å². The predicted molar refractivity (Wildman–Crippen MR) is 94.0 cm³/mol. The maximum atomic E-state index is 12.7. The fourth-order valence-corrected chi connectivity index (χ4v) is 3.44. The number of hydrogen-bond donors (Lipinski definition) is 2. The minimum Gasteiger partial charge on any atom is -0.351 e. The molecule has 2 aromatic heterocycles. The molecule has 0 unspecified atom stereocenters. The lowest BCUT2D eigenvalue weighted by Gasteiger charge is -2.41. The highest BCUT2D eigenvalue weighted by Crippen LogP contribution is 2.27. The summed E-state index contributed by atoms with van der Waals surface area (Å²) in [7, 11) is 0. The monoisotopic (exact) mass is 327 g/mol. The molecule has 128 valence electrons. The molecular weight excluding hydrogens is 302 g/mol. The number of aryl methyl sites for hydroxylation is 1. The first-order valence-electron chi connectivity index (χ1n) is 8.43. The molecule has 1 aliphatic heterocycles. The van der Waals surface area contributed by atoms with Gasteiger partial charge in [0.15, 0.2) is 0 Å². The Balaban J connectivity index is 1.81. The lowest BCUT2D eigenvalue weighted by atomic mass is 9.78. The third-order valence-corrected chi connectivity index (χ3v) is 4.76. The molecule has 24 heavy (non-hydrogen) atoms. The number of carbonyl (C=O) groups is 2. The lowest BCUT2D eigenvalue weighted by molar-refractivity contribution is -0.125. The third-order valence-electron chi connectivity index (χ3n) is 4.76. The average Bonchev–Trinajstić information content (AvgIpc) is 2.94. The molecule has 5 nitrogen and oxygen atoms in total. The van der Waals surface area contributed by atoms with Crippen molar-refractivity contribution in [3.8, 4) is 0 Å². The highest BCUT2D eigenvalue weighted by molar-refractivity contribution is 5.96. The van der Waals surface area contributed by atoms with Crippen molar-refractivity contribution in [2.45, 2.75) is 52.6 Å². The molecule has 2 aromatic rings. The minimum atomic E-state index is -0.115. The second kappa shape index (κ2) is 5.96. The molecule has 1 saturated heterocycles. The summed E-state index contributed by atoms with van der Waals surface area (Å²) in [4.78, 5) is 24.5. The van der Waals surface area contributed by atoms with Crippen molar-refractivity contribution in [2.75, 3.05) is 0 Å². The molecule has 2 atom stereocenters. The van der Waals surface area contributed by atoms with Gasteiger partial charge in [-0.1, -0.05) is 26.8 Å². The van der Waals surface area contributed by atoms with Crippen LogP contribution < -0.4 is 10.6 Å². The van der Waals surface area contributed by atoms with E-state index in [1.807, 2.05) is 41.9 Å². The van der Waals surface area contributed by atoms with Crippen LogP contribution in [0.4, 0.5) is 0 Å². The lowest BCUT2D eigenvalue weighted by Crippen LogP contribution is -2.60. The van der Waals surface area contributed by atoms with Crippen LogP contribution in [0.3, 0.4) is 0 Å². The Morgan fingerprint density at radius 2 is 2.12 bits per heavy atom. The molecule has 0 bridgehead atoms. The molecule has 1 fully saturated rings. The van der Waals surface area contributed by atoms with Crippen LogP contribution in [-0.4, -0.2) is 28.3 Å². The van der Waals surface area contributed by atoms with Gasteiger partial charge in [0.25, 0.3) is 5.91 Å². The highest BCUT2D eigenvalue weighted by Gasteiger charge is 2.37. The van der Waals surface area contributed by atoms with Gasteiger partial charge in [-0.25, -0.2) is 0 Å². The largest absolute Gasteiger partial charge is 0.351 e. The van der Waals surface area contributed by atoms with Gasteiger partial charge in [0.05, 0.1) is 17.6 Å². The summed E-state index contributed by atoms with van der Waals surface area (Å²) in [6.45, 7) is 8.28. The van der Waals surface area contributed by atoms with Crippen LogP contribution in [0.25, 0.3) is 5.52 Å². The van der Waals surface area contributed by atoms with E-state index in [1.165, 1.54) is 0 Å². The summed E-state index contributed by atoms with van der Waals surface area (Å²) >= 11 is 0. The number of nitrogens with one attached hydrogen (secondary N) is 2. The molecule has 2 N–H and O–H groups in total. The maximum Gasteiger partial charge on any atom is 0.253 e. The first kappa shape index (κ1) is 16.6. The van der Waals surface area contributed by atoms with E-state index in [4.69, 9.17) is 0 Å². The molecule has 0 saturated carbocycles. The van der Waals surface area contributed by atoms with Gasteiger partial charge in [-0.2, -0.15) is 0 Å². The van der Waals surface area contributed by atoms with E-state index in [9.17, 15) is 9.59 Å². The van der Waals surface area contributed by atoms with Crippen molar-refractivity contribution in [1.29, 1.82) is 0 Å². The highest BCUT2D eigenvalue weighted by atomic mass is 16.2. The standard InChI is InChI=1S/C19H25N3O2/c1-12-6-5-9-22-11-13(10-15(12)22)18(24)20-14-7-8-16(23)21-17(14)19(2,3)4/h5-6,9-11,14,17H,7-8H2,1-4H3,(H,20,24)(H,21,23)/t14-,17-/m1/s1. The van der Waals surface area contributed by atoms with E-state index in [-0.39, 0.29) is 29.3 Å². The zero-order valence-electron chi connectivity index (χ0n) is 14.7. The van der Waals surface area contributed by atoms with Crippen LogP contribution in [0.15, 0.2) is 30.6 Å². The van der Waals surface area contributed by atoms with E-state index in [2.05, 4.69) is 31.4 Å². The molecule has 5 heteroatoms. The van der Waals surface area contributed by atoms with Gasteiger partial charge < -0.3 is 15.0 Å². The Morgan fingerprint density at radius 3 is 2.79 bits per heavy atom. The summed E-state index contributed by atoms with van der Waals surface area (Å²) in [5, 5.41) is 6.17. The second-order valence-electron chi connectivity index (χ2n) is 7.74. The zero-order valence-corrected chi connectivity index (χ0v) is 14.7. The predicted octanol–water partition coefficient (Wildman–Crippen LogP) is 2.67. The van der Waals surface area contributed by atoms with E-state index < -0.39 is 0 Å². The van der Waals surface area contributed by atoms with Crippen molar-refractivity contribution in [2.24, 2.45) is 5.41 Å². The SMILES string of the molecule is Cc1cccn2cc(C(=O)N[C@@H]3CCC(=O)N[C@H]3C(C)(C)C)cc12. The summed E-state index contributed by atoms with van der Waals surface area (Å²) in [5.74, 6) is -0.0286. The average molecular weight is 327 g/mol. The molecule has 0 radical (unpaired) electrons. The van der Waals surface area contributed by atoms with Gasteiger partial charge in [0, 0.05) is 24.3 Å². The van der Waals surface area contributed by atoms with Crippen molar-refractivity contribution < 1.29 is 9.59 Å². The molecular formula is C19H25N3O2. The molecule has 2 amide bonds. The summed E-state index contributed by atoms with van der Waals surface area (Å²) in [6.07, 6.45) is 4.92. The molecule has 3 rings (SSSR count). The van der Waals surface area contributed by atoms with Crippen LogP contribution in [0.5, 0.6) is 0 Å². The topological polar surface area (TPSA) is 62.6 Å². The van der Waals surface area contributed by atoms with Crippen molar-refractivity contribution in [1.82, 2.24) is 15.0 Å². The number of carbonyl (C=O) groups excluding carboxylic acids is 2. The number of hydrogen-bond acceptors (Lipinski definition) is 2. The number of pyridine rings is 1. The molecule has 0 aromatic carbocycles. The fourth-order valence-electron chi connectivity index (χ4n) is 3.44. The van der Waals surface area contributed by atoms with Gasteiger partial charge >= 0.3 is 0 Å². The zero-order chi connectivity index (χ0) is 17.5. The summed E-state index contributed by atoms with van der Waals surface area (Å²) in [6, 6.07) is 5.79. The molecule has 1 aliphatic rings. The number of piperidine rings is 1. The number of nitrogens with zero attached hydrogens (tertiary/aromatic N) is 1. The summed E-state index contributed by atoms with van der Waals surface area (Å²) in [5.41, 5.74) is 2.70. The van der Waals surface area contributed by atoms with Gasteiger partial charge in [-0.15, -0.1) is 0 Å². The minimum absolute atomic E-state index is 0.0562. The normalized spacial score (nSPS) is 21.6. The van der Waals surface area contributed by atoms with Crippen LogP contribution in [0.2, 0.25) is 0 Å². The van der Waals surface area contributed by atoms with Crippen LogP contribution >= 0.6 is 0 Å². The van der Waals surface area contributed by atoms with Gasteiger partial charge in [-0.3, -0.25) is 9.59 Å². The first-order chi connectivity index (χ1) is 11.3. The summed E-state index contributed by atoms with van der Waals surface area (Å²) < 4.78 is 1.97. The van der Waals surface area contributed by atoms with Gasteiger partial charge in [-0.05, 0) is 36.5 Å². The number of aromatic nitrogens is 1. The van der Waals surface area contributed by atoms with Gasteiger partial charge in [0.1, 0.15) is 0 Å². The van der Waals surface area contributed by atoms with Crippen molar-refractivity contribution in [3.05, 3.63) is 41.7 Å². The Kier molecular flexibility index (Phi) is 4.11. The number of fused-ring (bicyclic) bond motifs is 1. The van der Waals surface area contributed by atoms with Crippen LogP contribution in [-0.2, 0) is 4.79 Å². The Hall–Kier alpha value is -2.30. The molecule has 0 spiro atoms. The fraction of sp³-hybridized carbons (Fsp3) is 0.474. The molecule has 3 heterocycles. The third kappa shape index (κ3) is 3.16. The van der Waals surface area contributed by atoms with Crippen LogP contribution in [0.1, 0.15) is 49.5 Å². The van der Waals surface area contributed by atoms with Crippen molar-refractivity contribution in [3.63, 3.8) is 0 Å². The Bertz CT molecular complexity index is 785.